The topological polar surface area (TPSA) is 104 Å². The van der Waals surface area contributed by atoms with E-state index in [0.29, 0.717) is 5.56 Å². The summed E-state index contributed by atoms with van der Waals surface area (Å²) < 4.78 is 32.3. The van der Waals surface area contributed by atoms with Gasteiger partial charge >= 0.3 is 12.1 Å². The van der Waals surface area contributed by atoms with Crippen molar-refractivity contribution in [3.05, 3.63) is 29.3 Å². The maximum absolute atomic E-state index is 12.9. The number of aromatic carboxylic acids is 1. The van der Waals surface area contributed by atoms with Gasteiger partial charge < -0.3 is 14.7 Å². The van der Waals surface area contributed by atoms with Crippen LogP contribution in [0.4, 0.5) is 4.79 Å². The molecule has 0 spiro atoms. The number of ether oxygens (including phenoxy) is 1. The Balaban J connectivity index is 2.15. The lowest BCUT2D eigenvalue weighted by atomic mass is 10.1. The largest absolute Gasteiger partial charge is 0.478 e. The van der Waals surface area contributed by atoms with E-state index in [1.165, 1.54) is 27.4 Å². The number of carboxylic acids is 1. The Morgan fingerprint density at radius 2 is 1.69 bits per heavy atom. The van der Waals surface area contributed by atoms with Crippen LogP contribution in [0.2, 0.25) is 0 Å². The van der Waals surface area contributed by atoms with Crippen LogP contribution in [0.3, 0.4) is 0 Å². The van der Waals surface area contributed by atoms with E-state index in [4.69, 9.17) is 9.84 Å². The van der Waals surface area contributed by atoms with E-state index >= 15 is 0 Å². The minimum atomic E-state index is -3.84. The minimum Gasteiger partial charge on any atom is -0.478 e. The van der Waals surface area contributed by atoms with Crippen LogP contribution >= 0.6 is 0 Å². The third-order valence-electron chi connectivity index (χ3n) is 3.94. The maximum Gasteiger partial charge on any atom is 0.410 e. The molecule has 0 radical (unpaired) electrons. The van der Waals surface area contributed by atoms with Crippen molar-refractivity contribution in [1.82, 2.24) is 9.21 Å². The number of carbonyl (C=O) groups excluding carboxylic acids is 1. The Bertz CT molecular complexity index is 805. The number of benzene rings is 1. The molecule has 1 aromatic rings. The van der Waals surface area contributed by atoms with Crippen LogP contribution < -0.4 is 0 Å². The van der Waals surface area contributed by atoms with Crippen LogP contribution in [0.1, 0.15) is 36.7 Å². The summed E-state index contributed by atoms with van der Waals surface area (Å²) in [5, 5.41) is 9.10. The molecule has 8 nitrogen and oxygen atoms in total. The molecule has 0 bridgehead atoms. The zero-order valence-corrected chi connectivity index (χ0v) is 16.2. The van der Waals surface area contributed by atoms with Crippen molar-refractivity contribution in [2.45, 2.75) is 38.2 Å². The van der Waals surface area contributed by atoms with E-state index in [-0.39, 0.29) is 36.6 Å². The molecule has 1 aliphatic rings. The molecule has 26 heavy (non-hydrogen) atoms. The fourth-order valence-electron chi connectivity index (χ4n) is 2.59. The zero-order chi connectivity index (χ0) is 19.7. The summed E-state index contributed by atoms with van der Waals surface area (Å²) in [5.41, 5.74) is -0.222. The van der Waals surface area contributed by atoms with Crippen LogP contribution in [0.15, 0.2) is 23.1 Å². The molecular formula is C17H24N2O6S. The van der Waals surface area contributed by atoms with Gasteiger partial charge in [0.2, 0.25) is 10.0 Å². The minimum absolute atomic E-state index is 0.0249. The second-order valence-electron chi connectivity index (χ2n) is 7.16. The van der Waals surface area contributed by atoms with Crippen molar-refractivity contribution in [2.24, 2.45) is 0 Å². The van der Waals surface area contributed by atoms with E-state index in [2.05, 4.69) is 0 Å². The first-order valence-electron chi connectivity index (χ1n) is 8.24. The van der Waals surface area contributed by atoms with Gasteiger partial charge in [-0.3, -0.25) is 0 Å². The van der Waals surface area contributed by atoms with Crippen molar-refractivity contribution >= 4 is 22.1 Å². The van der Waals surface area contributed by atoms with Gasteiger partial charge in [0.05, 0.1) is 10.5 Å². The van der Waals surface area contributed by atoms with Gasteiger partial charge in [-0.15, -0.1) is 0 Å². The van der Waals surface area contributed by atoms with Crippen LogP contribution in [0.25, 0.3) is 0 Å². The summed E-state index contributed by atoms with van der Waals surface area (Å²) in [6.45, 7) is 7.60. The van der Waals surface area contributed by atoms with Crippen molar-refractivity contribution in [3.63, 3.8) is 0 Å². The van der Waals surface area contributed by atoms with Crippen molar-refractivity contribution in [2.75, 3.05) is 26.2 Å². The standard InChI is InChI=1S/C17H24N2O6S/c1-12-5-6-13(15(20)21)11-14(12)26(23,24)19-9-7-18(8-10-19)16(22)25-17(2,3)4/h5-6,11H,7-10H2,1-4H3,(H,20,21). The van der Waals surface area contributed by atoms with Gasteiger partial charge in [-0.05, 0) is 45.4 Å². The SMILES string of the molecule is Cc1ccc(C(=O)O)cc1S(=O)(=O)N1CCN(C(=O)OC(C)(C)C)CC1. The molecule has 1 heterocycles. The van der Waals surface area contributed by atoms with Gasteiger partial charge in [0.15, 0.2) is 0 Å². The van der Waals surface area contributed by atoms with Crippen molar-refractivity contribution in [3.8, 4) is 0 Å². The molecule has 1 N–H and O–H groups in total. The molecule has 2 rings (SSSR count). The number of sulfonamides is 1. The second-order valence-corrected chi connectivity index (χ2v) is 9.06. The fraction of sp³-hybridized carbons (Fsp3) is 0.529. The number of aryl methyl sites for hydroxylation is 1. The Kier molecular flexibility index (Phi) is 5.62. The summed E-state index contributed by atoms with van der Waals surface area (Å²) in [4.78, 5) is 24.7. The molecule has 0 unspecified atom stereocenters. The smallest absolute Gasteiger partial charge is 0.410 e. The van der Waals surface area contributed by atoms with E-state index in [1.807, 2.05) is 0 Å². The molecule has 0 aromatic heterocycles. The van der Waals surface area contributed by atoms with Crippen LogP contribution in [0.5, 0.6) is 0 Å². The molecular weight excluding hydrogens is 360 g/mol. The first-order valence-corrected chi connectivity index (χ1v) is 9.68. The van der Waals surface area contributed by atoms with Crippen molar-refractivity contribution in [1.29, 1.82) is 0 Å². The highest BCUT2D eigenvalue weighted by Crippen LogP contribution is 2.23. The summed E-state index contributed by atoms with van der Waals surface area (Å²) in [6, 6.07) is 4.03. The second kappa shape index (κ2) is 7.24. The number of amides is 1. The van der Waals surface area contributed by atoms with E-state index < -0.39 is 27.7 Å². The highest BCUT2D eigenvalue weighted by atomic mass is 32.2. The number of nitrogens with zero attached hydrogens (tertiary/aromatic N) is 2. The predicted octanol–water partition coefficient (Wildman–Crippen LogP) is 1.93. The van der Waals surface area contributed by atoms with Crippen molar-refractivity contribution < 1.29 is 27.9 Å². The quantitative estimate of drug-likeness (QED) is 0.854. The van der Waals surface area contributed by atoms with E-state index in [9.17, 15) is 18.0 Å². The lowest BCUT2D eigenvalue weighted by molar-refractivity contribution is 0.0192. The highest BCUT2D eigenvalue weighted by Gasteiger charge is 2.33. The maximum atomic E-state index is 12.9. The molecule has 9 heteroatoms. The van der Waals surface area contributed by atoms with E-state index in [0.717, 1.165) is 0 Å². The Morgan fingerprint density at radius 3 is 2.19 bits per heavy atom. The number of hydrogen-bond acceptors (Lipinski definition) is 5. The zero-order valence-electron chi connectivity index (χ0n) is 15.4. The molecule has 0 saturated carbocycles. The fourth-order valence-corrected chi connectivity index (χ4v) is 4.26. The number of piperazine rings is 1. The summed E-state index contributed by atoms with van der Waals surface area (Å²) >= 11 is 0. The van der Waals surface area contributed by atoms with Crippen LogP contribution in [0, 0.1) is 6.92 Å². The Hall–Kier alpha value is -2.13. The summed E-state index contributed by atoms with van der Waals surface area (Å²) in [5.74, 6) is -1.18. The molecule has 1 amide bonds. The van der Waals surface area contributed by atoms with Gasteiger partial charge in [0.1, 0.15) is 5.60 Å². The average Bonchev–Trinajstić information content (AvgIpc) is 2.53. The van der Waals surface area contributed by atoms with Crippen LogP contribution in [-0.4, -0.2) is 66.6 Å². The molecule has 0 atom stereocenters. The highest BCUT2D eigenvalue weighted by molar-refractivity contribution is 7.89. The van der Waals surface area contributed by atoms with Gasteiger partial charge in [0.25, 0.3) is 0 Å². The number of carboxylic acid groups (broad SMARTS) is 1. The molecule has 1 fully saturated rings. The first-order chi connectivity index (χ1) is 11.9. The average molecular weight is 384 g/mol. The van der Waals surface area contributed by atoms with Gasteiger partial charge in [-0.1, -0.05) is 6.07 Å². The van der Waals surface area contributed by atoms with Gasteiger partial charge in [0, 0.05) is 26.2 Å². The van der Waals surface area contributed by atoms with E-state index in [1.54, 1.807) is 27.7 Å². The number of rotatable bonds is 3. The molecule has 1 aliphatic heterocycles. The first kappa shape index (κ1) is 20.2. The monoisotopic (exact) mass is 384 g/mol. The predicted molar refractivity (Wildman–Crippen MR) is 94.7 cm³/mol. The molecule has 0 aliphatic carbocycles. The normalized spacial score (nSPS) is 16.4. The van der Waals surface area contributed by atoms with Gasteiger partial charge in [-0.25, -0.2) is 18.0 Å². The number of hydrogen-bond donors (Lipinski definition) is 1. The third-order valence-corrected chi connectivity index (χ3v) is 5.98. The molecule has 1 saturated heterocycles. The lowest BCUT2D eigenvalue weighted by Crippen LogP contribution is -2.51. The van der Waals surface area contributed by atoms with Crippen LogP contribution in [-0.2, 0) is 14.8 Å². The Labute approximate surface area is 153 Å². The third kappa shape index (κ3) is 4.53. The molecule has 1 aromatic carbocycles. The summed E-state index contributed by atoms with van der Waals surface area (Å²) in [6.07, 6.45) is -0.474. The summed E-state index contributed by atoms with van der Waals surface area (Å²) in [7, 11) is -3.84. The lowest BCUT2D eigenvalue weighted by Gasteiger charge is -2.35. The molecule has 144 valence electrons. The Morgan fingerprint density at radius 1 is 1.12 bits per heavy atom. The number of carbonyl (C=O) groups is 2. The van der Waals surface area contributed by atoms with Gasteiger partial charge in [-0.2, -0.15) is 4.31 Å².